The molecular weight excluding hydrogens is 370 g/mol. The summed E-state index contributed by atoms with van der Waals surface area (Å²) in [5.41, 5.74) is 0.413. The lowest BCUT2D eigenvalue weighted by Gasteiger charge is -2.34. The maximum atomic E-state index is 12.6. The smallest absolute Gasteiger partial charge is 0.253 e. The molecule has 0 spiro atoms. The quantitative estimate of drug-likeness (QED) is 0.822. The molecule has 2 heterocycles. The van der Waals surface area contributed by atoms with E-state index in [-0.39, 0.29) is 23.3 Å². The SMILES string of the molecule is CC(=O)N1CCN(C(=O)c2ccc(S(=O)(=O)NCc3ccco3)cc2)CC1. The molecule has 0 bridgehead atoms. The minimum atomic E-state index is -3.70. The van der Waals surface area contributed by atoms with E-state index in [0.717, 1.165) is 0 Å². The van der Waals surface area contributed by atoms with Crippen LogP contribution in [-0.2, 0) is 21.4 Å². The second-order valence-corrected chi connectivity index (χ2v) is 7.99. The number of piperazine rings is 1. The lowest BCUT2D eigenvalue weighted by Crippen LogP contribution is -2.50. The summed E-state index contributed by atoms with van der Waals surface area (Å²) >= 11 is 0. The second kappa shape index (κ2) is 7.93. The minimum Gasteiger partial charge on any atom is -0.468 e. The molecule has 1 aliphatic rings. The first-order valence-electron chi connectivity index (χ1n) is 8.54. The van der Waals surface area contributed by atoms with Crippen LogP contribution >= 0.6 is 0 Å². The van der Waals surface area contributed by atoms with Gasteiger partial charge in [0.2, 0.25) is 15.9 Å². The average molecular weight is 391 g/mol. The van der Waals surface area contributed by atoms with Crippen LogP contribution < -0.4 is 4.72 Å². The number of nitrogens with one attached hydrogen (secondary N) is 1. The molecule has 0 radical (unpaired) electrons. The lowest BCUT2D eigenvalue weighted by atomic mass is 10.2. The van der Waals surface area contributed by atoms with E-state index in [1.165, 1.54) is 37.5 Å². The third kappa shape index (κ3) is 4.55. The van der Waals surface area contributed by atoms with Crippen molar-refractivity contribution in [2.45, 2.75) is 18.4 Å². The number of nitrogens with zero attached hydrogens (tertiary/aromatic N) is 2. The van der Waals surface area contributed by atoms with Gasteiger partial charge in [0.25, 0.3) is 5.91 Å². The van der Waals surface area contributed by atoms with Gasteiger partial charge in [0.15, 0.2) is 0 Å². The number of carbonyl (C=O) groups excluding carboxylic acids is 2. The zero-order valence-electron chi connectivity index (χ0n) is 14.9. The van der Waals surface area contributed by atoms with Crippen LogP contribution in [0.3, 0.4) is 0 Å². The maximum absolute atomic E-state index is 12.6. The Labute approximate surface area is 157 Å². The molecule has 2 aromatic rings. The van der Waals surface area contributed by atoms with Gasteiger partial charge in [0.05, 0.1) is 17.7 Å². The molecule has 1 aliphatic heterocycles. The third-order valence-electron chi connectivity index (χ3n) is 4.44. The molecule has 0 atom stereocenters. The van der Waals surface area contributed by atoms with Gasteiger partial charge in [-0.15, -0.1) is 0 Å². The Morgan fingerprint density at radius 3 is 2.22 bits per heavy atom. The zero-order chi connectivity index (χ0) is 19.4. The van der Waals surface area contributed by atoms with Crippen molar-refractivity contribution in [2.24, 2.45) is 0 Å². The number of rotatable bonds is 5. The topological polar surface area (TPSA) is 99.9 Å². The molecule has 1 aromatic carbocycles. The number of amides is 2. The molecule has 1 fully saturated rings. The van der Waals surface area contributed by atoms with E-state index in [4.69, 9.17) is 4.42 Å². The molecule has 3 rings (SSSR count). The minimum absolute atomic E-state index is 0.00120. The summed E-state index contributed by atoms with van der Waals surface area (Å²) in [6, 6.07) is 9.17. The van der Waals surface area contributed by atoms with Crippen molar-refractivity contribution in [1.82, 2.24) is 14.5 Å². The zero-order valence-corrected chi connectivity index (χ0v) is 15.7. The van der Waals surface area contributed by atoms with Crippen molar-refractivity contribution in [1.29, 1.82) is 0 Å². The van der Waals surface area contributed by atoms with Crippen LogP contribution in [0, 0.1) is 0 Å². The standard InChI is InChI=1S/C18H21N3O5S/c1-14(22)20-8-10-21(11-9-20)18(23)15-4-6-17(7-5-15)27(24,25)19-13-16-3-2-12-26-16/h2-7,12,19H,8-11,13H2,1H3. The van der Waals surface area contributed by atoms with Gasteiger partial charge in [0, 0.05) is 38.7 Å². The van der Waals surface area contributed by atoms with E-state index >= 15 is 0 Å². The van der Waals surface area contributed by atoms with Gasteiger partial charge >= 0.3 is 0 Å². The summed E-state index contributed by atoms with van der Waals surface area (Å²) in [6.45, 7) is 3.49. The Balaban J connectivity index is 1.62. The van der Waals surface area contributed by atoms with Crippen molar-refractivity contribution < 1.29 is 22.4 Å². The Morgan fingerprint density at radius 2 is 1.67 bits per heavy atom. The number of furan rings is 1. The number of benzene rings is 1. The van der Waals surface area contributed by atoms with Gasteiger partial charge in [-0.2, -0.15) is 0 Å². The van der Waals surface area contributed by atoms with Crippen LogP contribution in [0.2, 0.25) is 0 Å². The monoisotopic (exact) mass is 391 g/mol. The largest absolute Gasteiger partial charge is 0.468 e. The van der Waals surface area contributed by atoms with Gasteiger partial charge in [-0.1, -0.05) is 0 Å². The van der Waals surface area contributed by atoms with Crippen LogP contribution in [-0.4, -0.2) is 56.2 Å². The van der Waals surface area contributed by atoms with E-state index in [1.54, 1.807) is 21.9 Å². The van der Waals surface area contributed by atoms with E-state index in [1.807, 2.05) is 0 Å². The molecule has 0 unspecified atom stereocenters. The van der Waals surface area contributed by atoms with Crippen LogP contribution in [0.1, 0.15) is 23.0 Å². The number of carbonyl (C=O) groups is 2. The van der Waals surface area contributed by atoms with Crippen molar-refractivity contribution >= 4 is 21.8 Å². The first-order chi connectivity index (χ1) is 12.9. The molecule has 0 aliphatic carbocycles. The second-order valence-electron chi connectivity index (χ2n) is 6.23. The highest BCUT2D eigenvalue weighted by atomic mass is 32.2. The Kier molecular flexibility index (Phi) is 5.62. The summed E-state index contributed by atoms with van der Waals surface area (Å²) in [7, 11) is -3.70. The lowest BCUT2D eigenvalue weighted by molar-refractivity contribution is -0.130. The van der Waals surface area contributed by atoms with Crippen LogP contribution in [0.4, 0.5) is 0 Å². The maximum Gasteiger partial charge on any atom is 0.253 e. The average Bonchev–Trinajstić information content (AvgIpc) is 3.20. The fraction of sp³-hybridized carbons (Fsp3) is 0.333. The molecule has 1 N–H and O–H groups in total. The molecule has 1 aromatic heterocycles. The first-order valence-corrected chi connectivity index (χ1v) is 10.0. The predicted molar refractivity (Wildman–Crippen MR) is 97.3 cm³/mol. The van der Waals surface area contributed by atoms with E-state index in [9.17, 15) is 18.0 Å². The number of hydrogen-bond donors (Lipinski definition) is 1. The molecular formula is C18H21N3O5S. The number of hydrogen-bond acceptors (Lipinski definition) is 5. The molecule has 2 amide bonds. The van der Waals surface area contributed by atoms with Crippen LogP contribution in [0.25, 0.3) is 0 Å². The normalized spacial score (nSPS) is 15.0. The first kappa shape index (κ1) is 19.1. The van der Waals surface area contributed by atoms with Crippen molar-refractivity contribution in [2.75, 3.05) is 26.2 Å². The third-order valence-corrected chi connectivity index (χ3v) is 5.86. The molecule has 1 saturated heterocycles. The summed E-state index contributed by atoms with van der Waals surface area (Å²) in [6.07, 6.45) is 1.47. The summed E-state index contributed by atoms with van der Waals surface area (Å²) in [4.78, 5) is 27.4. The van der Waals surface area contributed by atoms with Gasteiger partial charge in [0.1, 0.15) is 5.76 Å². The van der Waals surface area contributed by atoms with E-state index in [0.29, 0.717) is 37.5 Å². The Hall–Kier alpha value is -2.65. The molecule has 8 nitrogen and oxygen atoms in total. The fourth-order valence-corrected chi connectivity index (χ4v) is 3.84. The van der Waals surface area contributed by atoms with Gasteiger partial charge < -0.3 is 14.2 Å². The van der Waals surface area contributed by atoms with Crippen molar-refractivity contribution in [3.8, 4) is 0 Å². The Morgan fingerprint density at radius 1 is 1.04 bits per heavy atom. The number of sulfonamides is 1. The van der Waals surface area contributed by atoms with Crippen molar-refractivity contribution in [3.05, 3.63) is 54.0 Å². The molecule has 27 heavy (non-hydrogen) atoms. The fourth-order valence-electron chi connectivity index (χ4n) is 2.85. The Bertz CT molecular complexity index is 899. The predicted octanol–water partition coefficient (Wildman–Crippen LogP) is 1.06. The van der Waals surface area contributed by atoms with Gasteiger partial charge in [-0.3, -0.25) is 9.59 Å². The van der Waals surface area contributed by atoms with Crippen LogP contribution in [0.5, 0.6) is 0 Å². The van der Waals surface area contributed by atoms with Crippen LogP contribution in [0.15, 0.2) is 52.0 Å². The highest BCUT2D eigenvalue weighted by Gasteiger charge is 2.23. The van der Waals surface area contributed by atoms with Crippen molar-refractivity contribution in [3.63, 3.8) is 0 Å². The van der Waals surface area contributed by atoms with E-state index < -0.39 is 10.0 Å². The van der Waals surface area contributed by atoms with E-state index in [2.05, 4.69) is 4.72 Å². The summed E-state index contributed by atoms with van der Waals surface area (Å²) in [5, 5.41) is 0. The highest BCUT2D eigenvalue weighted by molar-refractivity contribution is 7.89. The summed E-state index contributed by atoms with van der Waals surface area (Å²) < 4.78 is 32.2. The van der Waals surface area contributed by atoms with Gasteiger partial charge in [-0.25, -0.2) is 13.1 Å². The highest BCUT2D eigenvalue weighted by Crippen LogP contribution is 2.14. The molecule has 9 heteroatoms. The van der Waals surface area contributed by atoms with Gasteiger partial charge in [-0.05, 0) is 36.4 Å². The molecule has 0 saturated carbocycles. The molecule has 144 valence electrons. The summed E-state index contributed by atoms with van der Waals surface area (Å²) in [5.74, 6) is 0.333.